The highest BCUT2D eigenvalue weighted by atomic mass is 35.5. The van der Waals surface area contributed by atoms with E-state index in [0.29, 0.717) is 6.54 Å². The molecule has 0 spiro atoms. The first-order chi connectivity index (χ1) is 11.8. The van der Waals surface area contributed by atoms with E-state index in [1.165, 1.54) is 4.90 Å². The number of halogens is 1. The van der Waals surface area contributed by atoms with Gasteiger partial charge in [-0.2, -0.15) is 5.10 Å². The molecule has 1 aliphatic heterocycles. The number of hydrogen-bond donors (Lipinski definition) is 2. The normalized spacial score (nSPS) is 19.8. The summed E-state index contributed by atoms with van der Waals surface area (Å²) in [6.45, 7) is 8.09. The fourth-order valence-electron chi connectivity index (χ4n) is 3.13. The van der Waals surface area contributed by atoms with Crippen LogP contribution >= 0.6 is 24.2 Å². The van der Waals surface area contributed by atoms with Crippen molar-refractivity contribution in [2.45, 2.75) is 36.3 Å². The van der Waals surface area contributed by atoms with Gasteiger partial charge in [0.25, 0.3) is 0 Å². The Bertz CT molecular complexity index is 739. The Labute approximate surface area is 165 Å². The average molecular weight is 395 g/mol. The number of nitrogens with one attached hydrogen (secondary N) is 2. The zero-order chi connectivity index (χ0) is 18.0. The summed E-state index contributed by atoms with van der Waals surface area (Å²) in [4.78, 5) is 13.9. The fraction of sp³-hybridized carbons (Fsp3) is 0.474. The molecule has 0 saturated carbocycles. The largest absolute Gasteiger partial charge is 0.326 e. The van der Waals surface area contributed by atoms with Crippen molar-refractivity contribution in [3.05, 3.63) is 42.2 Å². The summed E-state index contributed by atoms with van der Waals surface area (Å²) in [5, 5.41) is 10.6. The highest BCUT2D eigenvalue weighted by Crippen LogP contribution is 2.33. The highest BCUT2D eigenvalue weighted by molar-refractivity contribution is 8.00. The van der Waals surface area contributed by atoms with Crippen molar-refractivity contribution in [2.75, 3.05) is 18.4 Å². The maximum Gasteiger partial charge on any atom is 0.229 e. The van der Waals surface area contributed by atoms with Crippen molar-refractivity contribution >= 4 is 35.8 Å². The Balaban J connectivity index is 0.00000243. The van der Waals surface area contributed by atoms with Crippen molar-refractivity contribution < 1.29 is 4.79 Å². The molecule has 5 nitrogen and oxygen atoms in total. The summed E-state index contributed by atoms with van der Waals surface area (Å²) in [6.07, 6.45) is 3.85. The molecular formula is C19H27ClN4OS. The minimum Gasteiger partial charge on any atom is -0.326 e. The van der Waals surface area contributed by atoms with Crippen molar-refractivity contribution in [1.29, 1.82) is 0 Å². The number of hydrogen-bond acceptors (Lipinski definition) is 4. The van der Waals surface area contributed by atoms with Gasteiger partial charge in [0.05, 0.1) is 12.1 Å². The molecule has 0 bridgehead atoms. The molecule has 0 unspecified atom stereocenters. The van der Waals surface area contributed by atoms with E-state index in [9.17, 15) is 4.79 Å². The van der Waals surface area contributed by atoms with E-state index in [-0.39, 0.29) is 34.9 Å². The molecule has 0 aliphatic carbocycles. The zero-order valence-electron chi connectivity index (χ0n) is 15.7. The SMILES string of the molecule is Cl.Cn1cc([C@H]2CNC[C@@H]2C(=O)Nc2ccc(SC(C)(C)C)cc2)cn1. The predicted molar refractivity (Wildman–Crippen MR) is 110 cm³/mol. The standard InChI is InChI=1S/C19H26N4OS.ClH/c1-19(2,3)25-15-7-5-14(6-8-15)22-18(24)17-11-20-10-16(17)13-9-21-23(4)12-13;/h5-9,12,16-17,20H,10-11H2,1-4H3,(H,22,24);1H/t16-,17+;/m1./s1. The highest BCUT2D eigenvalue weighted by Gasteiger charge is 2.34. The number of aryl methyl sites for hydroxylation is 1. The lowest BCUT2D eigenvalue weighted by Crippen LogP contribution is -2.28. The lowest BCUT2D eigenvalue weighted by Gasteiger charge is -2.19. The Morgan fingerprint density at radius 3 is 2.54 bits per heavy atom. The first-order valence-electron chi connectivity index (χ1n) is 8.61. The van der Waals surface area contributed by atoms with Crippen LogP contribution in [-0.4, -0.2) is 33.5 Å². The Morgan fingerprint density at radius 2 is 1.96 bits per heavy atom. The average Bonchev–Trinajstić information content (AvgIpc) is 3.16. The van der Waals surface area contributed by atoms with Gasteiger partial charge in [-0.15, -0.1) is 24.2 Å². The molecular weight excluding hydrogens is 368 g/mol. The minimum absolute atomic E-state index is 0. The van der Waals surface area contributed by atoms with E-state index in [2.05, 4.69) is 48.6 Å². The molecule has 3 rings (SSSR count). The number of nitrogens with zero attached hydrogens (tertiary/aromatic N) is 2. The van der Waals surface area contributed by atoms with Gasteiger partial charge in [0.15, 0.2) is 0 Å². The third-order valence-corrected chi connectivity index (χ3v) is 5.37. The summed E-state index contributed by atoms with van der Waals surface area (Å²) >= 11 is 1.82. The summed E-state index contributed by atoms with van der Waals surface area (Å²) in [5.41, 5.74) is 1.96. The predicted octanol–water partition coefficient (Wildman–Crippen LogP) is 3.67. The quantitative estimate of drug-likeness (QED) is 0.776. The number of rotatable bonds is 4. The molecule has 1 aromatic heterocycles. The molecule has 0 radical (unpaired) electrons. The Kier molecular flexibility index (Phi) is 6.77. The third-order valence-electron chi connectivity index (χ3n) is 4.25. The maximum absolute atomic E-state index is 12.7. The molecule has 2 aromatic rings. The fourth-order valence-corrected chi connectivity index (χ4v) is 4.11. The van der Waals surface area contributed by atoms with Gasteiger partial charge in [-0.05, 0) is 29.8 Å². The lowest BCUT2D eigenvalue weighted by atomic mass is 9.90. The Hall–Kier alpha value is -1.50. The summed E-state index contributed by atoms with van der Waals surface area (Å²) < 4.78 is 1.96. The van der Waals surface area contributed by atoms with Gasteiger partial charge in [0.2, 0.25) is 5.91 Å². The number of carbonyl (C=O) groups excluding carboxylic acids is 1. The van der Waals surface area contributed by atoms with E-state index in [1.54, 1.807) is 4.68 Å². The van der Waals surface area contributed by atoms with E-state index in [0.717, 1.165) is 17.8 Å². The first kappa shape index (κ1) is 20.8. The molecule has 1 aliphatic rings. The van der Waals surface area contributed by atoms with Crippen LogP contribution in [0.1, 0.15) is 32.3 Å². The van der Waals surface area contributed by atoms with E-state index in [4.69, 9.17) is 0 Å². The topological polar surface area (TPSA) is 59.0 Å². The van der Waals surface area contributed by atoms with Crippen LogP contribution in [-0.2, 0) is 11.8 Å². The molecule has 1 fully saturated rings. The molecule has 1 saturated heterocycles. The molecule has 2 heterocycles. The smallest absolute Gasteiger partial charge is 0.229 e. The van der Waals surface area contributed by atoms with Crippen LogP contribution in [0, 0.1) is 5.92 Å². The van der Waals surface area contributed by atoms with Gasteiger partial charge in [-0.3, -0.25) is 9.48 Å². The van der Waals surface area contributed by atoms with Gasteiger partial charge in [-0.25, -0.2) is 0 Å². The van der Waals surface area contributed by atoms with Gasteiger partial charge in [0.1, 0.15) is 0 Å². The summed E-state index contributed by atoms with van der Waals surface area (Å²) in [7, 11) is 1.90. The van der Waals surface area contributed by atoms with Crippen LogP contribution < -0.4 is 10.6 Å². The molecule has 142 valence electrons. The maximum atomic E-state index is 12.7. The van der Waals surface area contributed by atoms with Crippen molar-refractivity contribution in [3.63, 3.8) is 0 Å². The zero-order valence-corrected chi connectivity index (χ0v) is 17.3. The molecule has 1 amide bonds. The molecule has 1 aromatic carbocycles. The Morgan fingerprint density at radius 1 is 1.27 bits per heavy atom. The third kappa shape index (κ3) is 5.25. The van der Waals surface area contributed by atoms with Crippen molar-refractivity contribution in [1.82, 2.24) is 15.1 Å². The molecule has 26 heavy (non-hydrogen) atoms. The number of aromatic nitrogens is 2. The second-order valence-electron chi connectivity index (χ2n) is 7.55. The number of thioether (sulfide) groups is 1. The first-order valence-corrected chi connectivity index (χ1v) is 9.43. The van der Waals surface area contributed by atoms with Crippen LogP contribution in [0.15, 0.2) is 41.6 Å². The molecule has 2 atom stereocenters. The monoisotopic (exact) mass is 394 g/mol. The van der Waals surface area contributed by atoms with E-state index < -0.39 is 0 Å². The summed E-state index contributed by atoms with van der Waals surface area (Å²) in [6, 6.07) is 8.09. The number of benzene rings is 1. The lowest BCUT2D eigenvalue weighted by molar-refractivity contribution is -0.119. The molecule has 2 N–H and O–H groups in total. The van der Waals surface area contributed by atoms with E-state index in [1.807, 2.05) is 43.3 Å². The minimum atomic E-state index is -0.0761. The van der Waals surface area contributed by atoms with Crippen molar-refractivity contribution in [3.8, 4) is 0 Å². The second-order valence-corrected chi connectivity index (χ2v) is 9.45. The van der Waals surface area contributed by atoms with Crippen LogP contribution in [0.2, 0.25) is 0 Å². The van der Waals surface area contributed by atoms with Crippen LogP contribution in [0.4, 0.5) is 5.69 Å². The van der Waals surface area contributed by atoms with Crippen LogP contribution in [0.25, 0.3) is 0 Å². The number of anilines is 1. The van der Waals surface area contributed by atoms with E-state index >= 15 is 0 Å². The number of amides is 1. The van der Waals surface area contributed by atoms with Crippen LogP contribution in [0.3, 0.4) is 0 Å². The van der Waals surface area contributed by atoms with Crippen LogP contribution in [0.5, 0.6) is 0 Å². The molecule has 7 heteroatoms. The number of carbonyl (C=O) groups is 1. The van der Waals surface area contributed by atoms with Gasteiger partial charge < -0.3 is 10.6 Å². The van der Waals surface area contributed by atoms with Gasteiger partial charge in [0, 0.05) is 47.6 Å². The summed E-state index contributed by atoms with van der Waals surface area (Å²) in [5.74, 6) is 0.160. The second kappa shape index (κ2) is 8.46. The van der Waals surface area contributed by atoms with Gasteiger partial charge in [-0.1, -0.05) is 20.8 Å². The van der Waals surface area contributed by atoms with Gasteiger partial charge >= 0.3 is 0 Å². The van der Waals surface area contributed by atoms with Crippen molar-refractivity contribution in [2.24, 2.45) is 13.0 Å².